The first-order valence-electron chi connectivity index (χ1n) is 5.98. The van der Waals surface area contributed by atoms with Crippen LogP contribution < -0.4 is 0 Å². The average Bonchev–Trinajstić information content (AvgIpc) is 2.45. The molecule has 1 atom stereocenters. The molecule has 6 heteroatoms. The van der Waals surface area contributed by atoms with Crippen LogP contribution in [0.25, 0.3) is 0 Å². The van der Waals surface area contributed by atoms with Crippen molar-refractivity contribution < 1.29 is 17.9 Å². The molecule has 0 spiro atoms. The molecule has 1 rings (SSSR count). The van der Waals surface area contributed by atoms with Crippen molar-refractivity contribution in [1.29, 1.82) is 0 Å². The summed E-state index contributed by atoms with van der Waals surface area (Å²) in [4.78, 5) is 11.6. The average molecular weight is 371 g/mol. The summed E-state index contributed by atoms with van der Waals surface area (Å²) in [5.41, 5.74) is 0.593. The fourth-order valence-electron chi connectivity index (χ4n) is 1.50. The minimum Gasteiger partial charge on any atom is -0.452 e. The molecule has 0 fully saturated rings. The number of hydrogen-bond donors (Lipinski definition) is 0. The van der Waals surface area contributed by atoms with E-state index in [-0.39, 0.29) is 10.2 Å². The topological polar surface area (TPSA) is 60.4 Å². The van der Waals surface area contributed by atoms with Gasteiger partial charge < -0.3 is 4.74 Å². The highest BCUT2D eigenvalue weighted by atomic mass is 79.9. The lowest BCUT2D eigenvalue weighted by Crippen LogP contribution is -2.19. The smallest absolute Gasteiger partial charge is 0.345 e. The van der Waals surface area contributed by atoms with Gasteiger partial charge >= 0.3 is 5.97 Å². The number of allylic oxidation sites excluding steroid dienone is 2. The van der Waals surface area contributed by atoms with Crippen LogP contribution in [-0.4, -0.2) is 20.1 Å². The van der Waals surface area contributed by atoms with E-state index < -0.39 is 21.9 Å². The molecule has 0 aromatic heterocycles. The van der Waals surface area contributed by atoms with Gasteiger partial charge in [-0.3, -0.25) is 0 Å². The van der Waals surface area contributed by atoms with Gasteiger partial charge in [-0.1, -0.05) is 55.6 Å². The first kappa shape index (κ1) is 17.4. The van der Waals surface area contributed by atoms with Crippen LogP contribution in [0.5, 0.6) is 0 Å². The van der Waals surface area contributed by atoms with Crippen molar-refractivity contribution in [2.75, 3.05) is 5.75 Å². The van der Waals surface area contributed by atoms with Gasteiger partial charge in [-0.2, -0.15) is 0 Å². The largest absolute Gasteiger partial charge is 0.452 e. The molecule has 0 radical (unpaired) electrons. The van der Waals surface area contributed by atoms with Gasteiger partial charge in [0.1, 0.15) is 6.10 Å². The maximum Gasteiger partial charge on any atom is 0.345 e. The van der Waals surface area contributed by atoms with E-state index in [0.717, 1.165) is 5.41 Å². The van der Waals surface area contributed by atoms with Crippen LogP contribution in [0.2, 0.25) is 0 Å². The summed E-state index contributed by atoms with van der Waals surface area (Å²) in [6.45, 7) is 6.83. The molecular weight excluding hydrogens is 356 g/mol. The Labute approximate surface area is 132 Å². The zero-order chi connectivity index (χ0) is 15.9. The van der Waals surface area contributed by atoms with Crippen LogP contribution in [0, 0.1) is 0 Å². The molecule has 0 amide bonds. The number of halogens is 1. The Morgan fingerprint density at radius 3 is 2.48 bits per heavy atom. The van der Waals surface area contributed by atoms with Crippen LogP contribution >= 0.6 is 15.9 Å². The van der Waals surface area contributed by atoms with Crippen LogP contribution in [0.3, 0.4) is 0 Å². The SMILES string of the molecule is C=C/C=C/S(=O)(=O)CC(OC(=O)C(=C)Br)c1ccccc1. The fraction of sp³-hybridized carbons (Fsp3) is 0.133. The summed E-state index contributed by atoms with van der Waals surface area (Å²) in [6, 6.07) is 8.66. The van der Waals surface area contributed by atoms with Gasteiger partial charge in [-0.15, -0.1) is 0 Å². The molecule has 4 nitrogen and oxygen atoms in total. The molecule has 0 aliphatic rings. The number of ether oxygens (including phenoxy) is 1. The van der Waals surface area contributed by atoms with Crippen LogP contribution in [-0.2, 0) is 19.4 Å². The van der Waals surface area contributed by atoms with E-state index in [1.54, 1.807) is 30.3 Å². The standard InChI is InChI=1S/C15H15BrO4S/c1-3-4-10-21(18,19)11-14(20-15(17)12(2)16)13-8-6-5-7-9-13/h3-10,14H,1-2,11H2/b10-4+. The molecular formula is C15H15BrO4S. The Balaban J connectivity index is 3.03. The molecule has 1 aromatic rings. The number of carbonyl (C=O) groups is 1. The molecule has 112 valence electrons. The zero-order valence-corrected chi connectivity index (χ0v) is 13.6. The van der Waals surface area contributed by atoms with Gasteiger partial charge in [0.25, 0.3) is 0 Å². The van der Waals surface area contributed by atoms with Crippen molar-refractivity contribution in [2.24, 2.45) is 0 Å². The molecule has 0 heterocycles. The van der Waals surface area contributed by atoms with E-state index >= 15 is 0 Å². The molecule has 0 N–H and O–H groups in total. The molecule has 0 aliphatic carbocycles. The van der Waals surface area contributed by atoms with Gasteiger partial charge in [0.15, 0.2) is 9.84 Å². The van der Waals surface area contributed by atoms with E-state index in [2.05, 4.69) is 29.1 Å². The van der Waals surface area contributed by atoms with Crippen molar-refractivity contribution in [3.05, 3.63) is 71.1 Å². The second-order valence-electron chi connectivity index (χ2n) is 4.10. The lowest BCUT2D eigenvalue weighted by molar-refractivity contribution is -0.142. The monoisotopic (exact) mass is 370 g/mol. The third-order valence-corrected chi connectivity index (χ3v) is 4.11. The zero-order valence-electron chi connectivity index (χ0n) is 11.2. The Morgan fingerprint density at radius 1 is 1.33 bits per heavy atom. The van der Waals surface area contributed by atoms with Crippen LogP contribution in [0.15, 0.2) is 65.5 Å². The quantitative estimate of drug-likeness (QED) is 0.419. The summed E-state index contributed by atoms with van der Waals surface area (Å²) in [6.07, 6.45) is 1.77. The highest BCUT2D eigenvalue weighted by molar-refractivity contribution is 9.12. The molecule has 0 saturated carbocycles. The number of hydrogen-bond acceptors (Lipinski definition) is 4. The van der Waals surface area contributed by atoms with Gasteiger partial charge in [0.2, 0.25) is 0 Å². The summed E-state index contributed by atoms with van der Waals surface area (Å²) in [7, 11) is -3.54. The van der Waals surface area contributed by atoms with E-state index in [4.69, 9.17) is 4.74 Å². The molecule has 0 aliphatic heterocycles. The van der Waals surface area contributed by atoms with Crippen LogP contribution in [0.1, 0.15) is 11.7 Å². The van der Waals surface area contributed by atoms with Crippen LogP contribution in [0.4, 0.5) is 0 Å². The lowest BCUT2D eigenvalue weighted by atomic mass is 10.1. The van der Waals surface area contributed by atoms with E-state index in [1.165, 1.54) is 12.2 Å². The number of benzene rings is 1. The first-order chi connectivity index (χ1) is 9.85. The maximum absolute atomic E-state index is 12.0. The highest BCUT2D eigenvalue weighted by Crippen LogP contribution is 2.22. The predicted molar refractivity (Wildman–Crippen MR) is 86.5 cm³/mol. The fourth-order valence-corrected chi connectivity index (χ4v) is 2.74. The van der Waals surface area contributed by atoms with Gasteiger partial charge in [0.05, 0.1) is 10.2 Å². The summed E-state index contributed by atoms with van der Waals surface area (Å²) in [5.74, 6) is -1.06. The molecule has 1 aromatic carbocycles. The van der Waals surface area contributed by atoms with Crippen molar-refractivity contribution >= 4 is 31.7 Å². The molecule has 1 unspecified atom stereocenters. The predicted octanol–water partition coefficient (Wildman–Crippen LogP) is 3.29. The Bertz CT molecular complexity index is 648. The van der Waals surface area contributed by atoms with Crippen molar-refractivity contribution in [3.63, 3.8) is 0 Å². The summed E-state index contributed by atoms with van der Waals surface area (Å²) >= 11 is 2.92. The lowest BCUT2D eigenvalue weighted by Gasteiger charge is -2.17. The van der Waals surface area contributed by atoms with Gasteiger partial charge in [-0.25, -0.2) is 13.2 Å². The third-order valence-electron chi connectivity index (χ3n) is 2.45. The molecule has 0 saturated heterocycles. The molecule has 0 bridgehead atoms. The Kier molecular flexibility index (Phi) is 6.58. The van der Waals surface area contributed by atoms with E-state index in [0.29, 0.717) is 5.56 Å². The minimum absolute atomic E-state index is 0.0301. The van der Waals surface area contributed by atoms with E-state index in [9.17, 15) is 13.2 Å². The highest BCUT2D eigenvalue weighted by Gasteiger charge is 2.23. The Hall–Kier alpha value is -1.66. The second-order valence-corrected chi connectivity index (χ2v) is 6.99. The third kappa shape index (κ3) is 6.10. The first-order valence-corrected chi connectivity index (χ1v) is 8.49. The number of esters is 1. The maximum atomic E-state index is 12.0. The second kappa shape index (κ2) is 7.95. The van der Waals surface area contributed by atoms with Crippen molar-refractivity contribution in [3.8, 4) is 0 Å². The van der Waals surface area contributed by atoms with E-state index in [1.807, 2.05) is 0 Å². The van der Waals surface area contributed by atoms with Gasteiger partial charge in [-0.05, 0) is 21.5 Å². The number of carbonyl (C=O) groups excluding carboxylic acids is 1. The number of rotatable bonds is 7. The minimum atomic E-state index is -3.54. The van der Waals surface area contributed by atoms with Crippen molar-refractivity contribution in [1.82, 2.24) is 0 Å². The Morgan fingerprint density at radius 2 is 1.95 bits per heavy atom. The molecule has 21 heavy (non-hydrogen) atoms. The normalized spacial score (nSPS) is 12.8. The van der Waals surface area contributed by atoms with Crippen molar-refractivity contribution in [2.45, 2.75) is 6.10 Å². The number of sulfone groups is 1. The summed E-state index contributed by atoms with van der Waals surface area (Å²) < 4.78 is 29.1. The summed E-state index contributed by atoms with van der Waals surface area (Å²) in [5, 5.41) is 1.03. The van der Waals surface area contributed by atoms with Gasteiger partial charge in [0, 0.05) is 5.41 Å².